The third-order valence-corrected chi connectivity index (χ3v) is 3.14. The van der Waals surface area contributed by atoms with E-state index >= 15 is 0 Å². The lowest BCUT2D eigenvalue weighted by Crippen LogP contribution is -2.36. The second-order valence-corrected chi connectivity index (χ2v) is 4.82. The van der Waals surface area contributed by atoms with Crippen molar-refractivity contribution in [2.24, 2.45) is 0 Å². The van der Waals surface area contributed by atoms with Gasteiger partial charge in [-0.3, -0.25) is 9.59 Å². The van der Waals surface area contributed by atoms with E-state index in [0.717, 1.165) is 4.90 Å². The predicted octanol–water partition coefficient (Wildman–Crippen LogP) is 2.91. The summed E-state index contributed by atoms with van der Waals surface area (Å²) in [5, 5.41) is 0. The summed E-state index contributed by atoms with van der Waals surface area (Å²) in [4.78, 5) is 33.8. The number of furan rings is 2. The summed E-state index contributed by atoms with van der Waals surface area (Å²) in [5.41, 5.74) is 0.200. The summed E-state index contributed by atoms with van der Waals surface area (Å²) in [5.74, 6) is -1.25. The van der Waals surface area contributed by atoms with E-state index in [1.807, 2.05) is 0 Å². The number of amides is 2. The topological polar surface area (TPSA) is 89.4 Å². The first kappa shape index (κ1) is 14.2. The van der Waals surface area contributed by atoms with E-state index in [1.54, 1.807) is 12.1 Å². The average molecular weight is 362 g/mol. The van der Waals surface area contributed by atoms with E-state index in [2.05, 4.69) is 25.9 Å². The number of carbonyl (C=O) groups excluding carboxylic acids is 2. The van der Waals surface area contributed by atoms with E-state index < -0.39 is 11.8 Å². The Morgan fingerprint density at radius 2 is 1.45 bits per heavy atom. The summed E-state index contributed by atoms with van der Waals surface area (Å²) in [7, 11) is 0. The van der Waals surface area contributed by atoms with Gasteiger partial charge in [-0.05, 0) is 40.2 Å². The minimum Gasteiger partial charge on any atom is -0.459 e. The van der Waals surface area contributed by atoms with Gasteiger partial charge in [-0.1, -0.05) is 0 Å². The van der Waals surface area contributed by atoms with Gasteiger partial charge in [0.05, 0.1) is 30.6 Å². The molecule has 3 heterocycles. The molecule has 3 aromatic heterocycles. The van der Waals surface area contributed by atoms with Gasteiger partial charge in [0.1, 0.15) is 0 Å². The van der Waals surface area contributed by atoms with Crippen molar-refractivity contribution in [2.45, 2.75) is 0 Å². The average Bonchev–Trinajstić information content (AvgIpc) is 3.22. The number of nitrogens with zero attached hydrogens (tertiary/aromatic N) is 3. The number of aromatic nitrogens is 2. The monoisotopic (exact) mass is 361 g/mol. The maximum atomic E-state index is 12.5. The van der Waals surface area contributed by atoms with Crippen LogP contribution in [0.2, 0.25) is 0 Å². The van der Waals surface area contributed by atoms with Gasteiger partial charge >= 0.3 is 11.8 Å². The summed E-state index contributed by atoms with van der Waals surface area (Å²) in [6, 6.07) is 6.04. The maximum absolute atomic E-state index is 12.5. The zero-order valence-corrected chi connectivity index (χ0v) is 12.6. The van der Waals surface area contributed by atoms with Crippen LogP contribution in [0, 0.1) is 0 Å². The van der Waals surface area contributed by atoms with E-state index in [1.165, 1.54) is 37.1 Å². The molecule has 0 aliphatic heterocycles. The molecule has 0 saturated heterocycles. The Balaban J connectivity index is 2.04. The highest BCUT2D eigenvalue weighted by Crippen LogP contribution is 2.20. The highest BCUT2D eigenvalue weighted by molar-refractivity contribution is 9.10. The number of anilines is 1. The summed E-state index contributed by atoms with van der Waals surface area (Å²) >= 11 is 3.10. The van der Waals surface area contributed by atoms with Crippen LogP contribution in [0.1, 0.15) is 21.1 Å². The lowest BCUT2D eigenvalue weighted by Gasteiger charge is -2.17. The van der Waals surface area contributed by atoms with Crippen LogP contribution in [-0.2, 0) is 0 Å². The van der Waals surface area contributed by atoms with E-state index in [-0.39, 0.29) is 17.2 Å². The Morgan fingerprint density at radius 3 is 1.86 bits per heavy atom. The Morgan fingerprint density at radius 1 is 0.955 bits per heavy atom. The summed E-state index contributed by atoms with van der Waals surface area (Å²) in [6.45, 7) is 0. The van der Waals surface area contributed by atoms with E-state index in [0.29, 0.717) is 4.73 Å². The largest absolute Gasteiger partial charge is 0.459 e. The molecule has 110 valence electrons. The minimum atomic E-state index is -0.641. The molecule has 0 radical (unpaired) electrons. The van der Waals surface area contributed by atoms with E-state index in [9.17, 15) is 9.59 Å². The fourth-order valence-corrected chi connectivity index (χ4v) is 1.97. The number of carbonyl (C=O) groups is 2. The fraction of sp³-hybridized carbons (Fsp3) is 0. The molecule has 8 heteroatoms. The molecule has 3 rings (SSSR count). The zero-order chi connectivity index (χ0) is 15.5. The molecular formula is C14H8BrN3O4. The highest BCUT2D eigenvalue weighted by atomic mass is 79.9. The predicted molar refractivity (Wildman–Crippen MR) is 78.3 cm³/mol. The van der Waals surface area contributed by atoms with Gasteiger partial charge in [0.15, 0.2) is 16.3 Å². The molecule has 0 spiro atoms. The third kappa shape index (κ3) is 2.68. The molecule has 7 nitrogen and oxygen atoms in total. The van der Waals surface area contributed by atoms with Gasteiger partial charge < -0.3 is 8.83 Å². The lowest BCUT2D eigenvalue weighted by molar-refractivity contribution is 0.0866. The Hall–Kier alpha value is -2.74. The van der Waals surface area contributed by atoms with Crippen molar-refractivity contribution in [1.29, 1.82) is 0 Å². The Kier molecular flexibility index (Phi) is 3.84. The fourth-order valence-electron chi connectivity index (χ4n) is 1.77. The van der Waals surface area contributed by atoms with Crippen LogP contribution in [0.25, 0.3) is 0 Å². The van der Waals surface area contributed by atoms with Gasteiger partial charge in [-0.25, -0.2) is 14.9 Å². The molecule has 0 atom stereocenters. The molecule has 0 aromatic carbocycles. The van der Waals surface area contributed by atoms with Crippen LogP contribution in [0.5, 0.6) is 0 Å². The second kappa shape index (κ2) is 5.94. The molecule has 0 bridgehead atoms. The quantitative estimate of drug-likeness (QED) is 0.526. The van der Waals surface area contributed by atoms with Crippen LogP contribution < -0.4 is 4.90 Å². The molecule has 22 heavy (non-hydrogen) atoms. The molecule has 3 aromatic rings. The first-order valence-corrected chi connectivity index (χ1v) is 6.89. The smallest absolute Gasteiger partial charge is 0.301 e. The molecule has 0 N–H and O–H groups in total. The second-order valence-electron chi connectivity index (χ2n) is 4.11. The van der Waals surface area contributed by atoms with Crippen molar-refractivity contribution < 1.29 is 18.4 Å². The Bertz CT molecular complexity index is 736. The SMILES string of the molecule is O=C(c1ccco1)N(C(=O)c1ccco1)c1cnc(Br)nc1. The van der Waals surface area contributed by atoms with Gasteiger partial charge in [0.2, 0.25) is 0 Å². The number of hydrogen-bond donors (Lipinski definition) is 0. The molecule has 0 aliphatic carbocycles. The Labute approximate surface area is 132 Å². The van der Waals surface area contributed by atoms with Gasteiger partial charge in [0, 0.05) is 0 Å². The molecule has 0 aliphatic rings. The van der Waals surface area contributed by atoms with Crippen LogP contribution in [-0.4, -0.2) is 21.8 Å². The van der Waals surface area contributed by atoms with Gasteiger partial charge in [-0.2, -0.15) is 0 Å². The van der Waals surface area contributed by atoms with Crippen molar-refractivity contribution in [3.63, 3.8) is 0 Å². The standard InChI is InChI=1S/C14H8BrN3O4/c15-14-16-7-9(8-17-14)18(12(19)10-3-1-5-21-10)13(20)11-4-2-6-22-11/h1-8H. The highest BCUT2D eigenvalue weighted by Gasteiger charge is 2.29. The van der Waals surface area contributed by atoms with Crippen LogP contribution in [0.4, 0.5) is 5.69 Å². The first-order valence-electron chi connectivity index (χ1n) is 6.10. The number of halogens is 1. The normalized spacial score (nSPS) is 10.4. The van der Waals surface area contributed by atoms with Gasteiger partial charge in [0.25, 0.3) is 0 Å². The molecule has 0 saturated carbocycles. The molecule has 2 amide bonds. The number of imide groups is 1. The summed E-state index contributed by atoms with van der Waals surface area (Å²) in [6.07, 6.45) is 5.39. The minimum absolute atomic E-state index is 0.0165. The van der Waals surface area contributed by atoms with Gasteiger partial charge in [-0.15, -0.1) is 0 Å². The summed E-state index contributed by atoms with van der Waals surface area (Å²) < 4.78 is 10.5. The van der Waals surface area contributed by atoms with Crippen molar-refractivity contribution in [3.05, 3.63) is 65.4 Å². The molecule has 0 fully saturated rings. The number of rotatable bonds is 3. The molecule has 0 unspecified atom stereocenters. The molecular weight excluding hydrogens is 354 g/mol. The van der Waals surface area contributed by atoms with Crippen LogP contribution in [0.3, 0.4) is 0 Å². The van der Waals surface area contributed by atoms with Crippen molar-refractivity contribution >= 4 is 33.4 Å². The van der Waals surface area contributed by atoms with Crippen LogP contribution in [0.15, 0.2) is 62.8 Å². The zero-order valence-electron chi connectivity index (χ0n) is 11.0. The van der Waals surface area contributed by atoms with E-state index in [4.69, 9.17) is 8.83 Å². The van der Waals surface area contributed by atoms with Crippen molar-refractivity contribution in [3.8, 4) is 0 Å². The van der Waals surface area contributed by atoms with Crippen LogP contribution >= 0.6 is 15.9 Å². The van der Waals surface area contributed by atoms with Crippen molar-refractivity contribution in [1.82, 2.24) is 9.97 Å². The number of hydrogen-bond acceptors (Lipinski definition) is 6. The maximum Gasteiger partial charge on any atom is 0.301 e. The third-order valence-electron chi connectivity index (χ3n) is 2.74. The lowest BCUT2D eigenvalue weighted by atomic mass is 10.3. The first-order chi connectivity index (χ1) is 10.7. The van der Waals surface area contributed by atoms with Crippen molar-refractivity contribution in [2.75, 3.05) is 4.90 Å².